The molecule has 2 aromatic rings. The van der Waals surface area contributed by atoms with E-state index in [0.29, 0.717) is 16.2 Å². The number of carbonyl (C=O) groups excluding carboxylic acids is 3. The number of ketones is 1. The maximum atomic E-state index is 13.0. The lowest BCUT2D eigenvalue weighted by Gasteiger charge is -2.21. The number of carbonyl (C=O) groups is 3. The van der Waals surface area contributed by atoms with Crippen molar-refractivity contribution in [2.75, 3.05) is 24.2 Å². The van der Waals surface area contributed by atoms with E-state index in [1.165, 1.54) is 25.1 Å². The molecule has 0 saturated heterocycles. The summed E-state index contributed by atoms with van der Waals surface area (Å²) in [4.78, 5) is 36.4. The lowest BCUT2D eigenvalue weighted by Crippen LogP contribution is -3.14. The largest absolute Gasteiger partial charge is 0.418 e. The lowest BCUT2D eigenvalue weighted by molar-refractivity contribution is -0.885. The molecule has 6 nitrogen and oxygen atoms in total. The quantitative estimate of drug-likeness (QED) is 0.600. The first kappa shape index (κ1) is 23.1. The first-order valence-corrected chi connectivity index (χ1v) is 9.19. The Kier molecular flexibility index (Phi) is 7.33. The summed E-state index contributed by atoms with van der Waals surface area (Å²) in [6.45, 7) is 2.84. The van der Waals surface area contributed by atoms with Crippen molar-refractivity contribution in [3.05, 3.63) is 59.7 Å². The van der Waals surface area contributed by atoms with Crippen molar-refractivity contribution in [1.82, 2.24) is 0 Å². The first-order valence-electron chi connectivity index (χ1n) is 9.19. The SMILES string of the molecule is CC(=O)c1ccc(NC(=O)[C@@H](C)[NH+](C)CC(=O)Nc2ccccc2C(F)(F)F)cc1. The molecule has 0 heterocycles. The Hall–Kier alpha value is -3.20. The number of nitrogens with one attached hydrogen (secondary N) is 3. The number of alkyl halides is 3. The fourth-order valence-electron chi connectivity index (χ4n) is 2.70. The summed E-state index contributed by atoms with van der Waals surface area (Å²) in [5, 5.41) is 4.95. The fourth-order valence-corrected chi connectivity index (χ4v) is 2.70. The second kappa shape index (κ2) is 9.53. The van der Waals surface area contributed by atoms with Crippen molar-refractivity contribution < 1.29 is 32.5 Å². The van der Waals surface area contributed by atoms with E-state index < -0.39 is 23.7 Å². The van der Waals surface area contributed by atoms with Crippen LogP contribution in [-0.4, -0.2) is 37.2 Å². The summed E-state index contributed by atoms with van der Waals surface area (Å²) in [7, 11) is 1.60. The van der Waals surface area contributed by atoms with Crippen LogP contribution >= 0.6 is 0 Å². The molecular formula is C21H23F3N3O3+. The Morgan fingerprint density at radius 2 is 1.60 bits per heavy atom. The second-order valence-electron chi connectivity index (χ2n) is 6.96. The number of Topliss-reactive ketones (excluding diaryl/α,β-unsaturated/α-hetero) is 1. The highest BCUT2D eigenvalue weighted by atomic mass is 19.4. The van der Waals surface area contributed by atoms with E-state index >= 15 is 0 Å². The number of likely N-dealkylation sites (N-methyl/N-ethyl adjacent to an activating group) is 1. The maximum Gasteiger partial charge on any atom is 0.418 e. The third-order valence-electron chi connectivity index (χ3n) is 4.64. The molecule has 9 heteroatoms. The zero-order chi connectivity index (χ0) is 22.5. The zero-order valence-corrected chi connectivity index (χ0v) is 16.8. The molecule has 2 atom stereocenters. The van der Waals surface area contributed by atoms with Crippen LogP contribution in [0.15, 0.2) is 48.5 Å². The van der Waals surface area contributed by atoms with Crippen molar-refractivity contribution in [3.63, 3.8) is 0 Å². The molecule has 160 valence electrons. The summed E-state index contributed by atoms with van der Waals surface area (Å²) in [6.07, 6.45) is -4.59. The van der Waals surface area contributed by atoms with Crippen LogP contribution in [-0.2, 0) is 15.8 Å². The average Bonchev–Trinajstić information content (AvgIpc) is 2.67. The van der Waals surface area contributed by atoms with Gasteiger partial charge in [0, 0.05) is 11.3 Å². The Labute approximate surface area is 172 Å². The van der Waals surface area contributed by atoms with Crippen LogP contribution in [0.3, 0.4) is 0 Å². The lowest BCUT2D eigenvalue weighted by atomic mass is 10.1. The molecular weight excluding hydrogens is 399 g/mol. The summed E-state index contributed by atoms with van der Waals surface area (Å²) < 4.78 is 39.1. The molecule has 2 rings (SSSR count). The fraction of sp³-hybridized carbons (Fsp3) is 0.286. The molecule has 0 fully saturated rings. The Balaban J connectivity index is 1.96. The van der Waals surface area contributed by atoms with Crippen molar-refractivity contribution in [2.24, 2.45) is 0 Å². The minimum Gasteiger partial charge on any atom is -0.321 e. The van der Waals surface area contributed by atoms with E-state index in [1.807, 2.05) is 0 Å². The van der Waals surface area contributed by atoms with E-state index in [-0.39, 0.29) is 23.9 Å². The van der Waals surface area contributed by atoms with Gasteiger partial charge in [-0.1, -0.05) is 12.1 Å². The van der Waals surface area contributed by atoms with Gasteiger partial charge in [0.05, 0.1) is 18.3 Å². The molecule has 0 aliphatic carbocycles. The van der Waals surface area contributed by atoms with E-state index in [4.69, 9.17) is 0 Å². The summed E-state index contributed by atoms with van der Waals surface area (Å²) in [6, 6.07) is 10.4. The van der Waals surface area contributed by atoms with Crippen LogP contribution in [0.1, 0.15) is 29.8 Å². The minimum absolute atomic E-state index is 0.0940. The molecule has 3 N–H and O–H groups in total. The van der Waals surface area contributed by atoms with Gasteiger partial charge in [0.2, 0.25) is 0 Å². The topological polar surface area (TPSA) is 79.7 Å². The minimum atomic E-state index is -4.59. The van der Waals surface area contributed by atoms with Crippen molar-refractivity contribution in [2.45, 2.75) is 26.1 Å². The second-order valence-corrected chi connectivity index (χ2v) is 6.96. The van der Waals surface area contributed by atoms with E-state index in [0.717, 1.165) is 6.07 Å². The number of para-hydroxylation sites is 1. The van der Waals surface area contributed by atoms with Gasteiger partial charge in [-0.3, -0.25) is 14.4 Å². The van der Waals surface area contributed by atoms with Crippen LogP contribution in [0.2, 0.25) is 0 Å². The van der Waals surface area contributed by atoms with Gasteiger partial charge >= 0.3 is 6.18 Å². The van der Waals surface area contributed by atoms with E-state index in [1.54, 1.807) is 38.2 Å². The predicted molar refractivity (Wildman–Crippen MR) is 106 cm³/mol. The highest BCUT2D eigenvalue weighted by molar-refractivity contribution is 5.97. The van der Waals surface area contributed by atoms with Crippen LogP contribution in [0.4, 0.5) is 24.5 Å². The van der Waals surface area contributed by atoms with Crippen molar-refractivity contribution >= 4 is 29.0 Å². The molecule has 0 aliphatic heterocycles. The van der Waals surface area contributed by atoms with Crippen LogP contribution < -0.4 is 15.5 Å². The Bertz CT molecular complexity index is 927. The van der Waals surface area contributed by atoms with E-state index in [2.05, 4.69) is 10.6 Å². The van der Waals surface area contributed by atoms with Crippen LogP contribution in [0, 0.1) is 0 Å². The van der Waals surface area contributed by atoms with Gasteiger partial charge in [-0.05, 0) is 50.2 Å². The van der Waals surface area contributed by atoms with E-state index in [9.17, 15) is 27.6 Å². The average molecular weight is 422 g/mol. The number of hydrogen-bond acceptors (Lipinski definition) is 3. The van der Waals surface area contributed by atoms with Gasteiger partial charge in [-0.2, -0.15) is 13.2 Å². The molecule has 1 unspecified atom stereocenters. The van der Waals surface area contributed by atoms with Crippen molar-refractivity contribution in [1.29, 1.82) is 0 Å². The zero-order valence-electron chi connectivity index (χ0n) is 16.8. The molecule has 0 aromatic heterocycles. The molecule has 0 bridgehead atoms. The van der Waals surface area contributed by atoms with Gasteiger partial charge in [-0.25, -0.2) is 0 Å². The molecule has 0 saturated carbocycles. The third kappa shape index (κ3) is 6.15. The molecule has 0 radical (unpaired) electrons. The van der Waals surface area contributed by atoms with Gasteiger partial charge in [-0.15, -0.1) is 0 Å². The molecule has 0 spiro atoms. The maximum absolute atomic E-state index is 13.0. The highest BCUT2D eigenvalue weighted by Gasteiger charge is 2.34. The van der Waals surface area contributed by atoms with Crippen LogP contribution in [0.25, 0.3) is 0 Å². The molecule has 30 heavy (non-hydrogen) atoms. The van der Waals surface area contributed by atoms with Crippen molar-refractivity contribution in [3.8, 4) is 0 Å². The highest BCUT2D eigenvalue weighted by Crippen LogP contribution is 2.34. The van der Waals surface area contributed by atoms with Gasteiger partial charge in [0.15, 0.2) is 18.4 Å². The summed E-state index contributed by atoms with van der Waals surface area (Å²) in [5.41, 5.74) is -0.255. The van der Waals surface area contributed by atoms with Gasteiger partial charge in [0.25, 0.3) is 11.8 Å². The number of rotatable bonds is 7. The Morgan fingerprint density at radius 1 is 1.00 bits per heavy atom. The van der Waals surface area contributed by atoms with Gasteiger partial charge < -0.3 is 15.5 Å². The summed E-state index contributed by atoms with van der Waals surface area (Å²) in [5.74, 6) is -1.11. The smallest absolute Gasteiger partial charge is 0.321 e. The number of hydrogen-bond donors (Lipinski definition) is 3. The third-order valence-corrected chi connectivity index (χ3v) is 4.64. The number of anilines is 2. The first-order chi connectivity index (χ1) is 14.0. The predicted octanol–water partition coefficient (Wildman–Crippen LogP) is 2.39. The number of quaternary nitrogens is 1. The summed E-state index contributed by atoms with van der Waals surface area (Å²) >= 11 is 0. The number of amides is 2. The normalized spacial score (nSPS) is 13.3. The van der Waals surface area contributed by atoms with Gasteiger partial charge in [0.1, 0.15) is 0 Å². The number of halogens is 3. The number of benzene rings is 2. The molecule has 0 aliphatic rings. The molecule has 2 aromatic carbocycles. The standard InChI is InChI=1S/C21H22F3N3O3/c1-13(20(30)25-16-10-8-15(9-11-16)14(2)28)27(3)12-19(29)26-18-7-5-4-6-17(18)21(22,23)24/h4-11,13H,12H2,1-3H3,(H,25,30)(H,26,29)/p+1/t13-/m1/s1. The molecule has 2 amide bonds. The monoisotopic (exact) mass is 422 g/mol. The Morgan fingerprint density at radius 3 is 2.17 bits per heavy atom. The van der Waals surface area contributed by atoms with Crippen LogP contribution in [0.5, 0.6) is 0 Å².